The van der Waals surface area contributed by atoms with Gasteiger partial charge in [0.15, 0.2) is 6.29 Å². The minimum Gasteiger partial charge on any atom is -0.388 e. The molecule has 2 N–H and O–H groups in total. The lowest BCUT2D eigenvalue weighted by molar-refractivity contribution is -0.268. The fourth-order valence-corrected chi connectivity index (χ4v) is 2.10. The Labute approximate surface area is 106 Å². The standard InChI is InChI=1S/C11H21NO6/c1-6(13)12-8-9(14)10(16-3)7(5-15-2)18-11(8)17-4/h7-11,14H,5H2,1-4H3,(H,12,13)/t7-,8-,9-,10-,11-/m1/s1. The molecule has 18 heavy (non-hydrogen) atoms. The van der Waals surface area contributed by atoms with E-state index in [0.717, 1.165) is 0 Å². The first-order valence-electron chi connectivity index (χ1n) is 5.70. The molecule has 1 aliphatic rings. The van der Waals surface area contributed by atoms with Crippen molar-refractivity contribution in [1.29, 1.82) is 0 Å². The average Bonchev–Trinajstić information content (AvgIpc) is 2.32. The first-order valence-corrected chi connectivity index (χ1v) is 5.70. The van der Waals surface area contributed by atoms with Crippen LogP contribution < -0.4 is 5.32 Å². The Morgan fingerprint density at radius 1 is 1.33 bits per heavy atom. The molecule has 0 bridgehead atoms. The SMILES string of the molecule is COC[C@H]1O[C@@H](OC)[C@H](NC(C)=O)[C@@H](O)[C@@H]1OC. The number of methoxy groups -OCH3 is 3. The van der Waals surface area contributed by atoms with Gasteiger partial charge >= 0.3 is 0 Å². The second kappa shape index (κ2) is 7.01. The van der Waals surface area contributed by atoms with Crippen LogP contribution in [0.25, 0.3) is 0 Å². The number of amides is 1. The molecule has 0 aromatic carbocycles. The number of aliphatic hydroxyl groups is 1. The van der Waals surface area contributed by atoms with Gasteiger partial charge in [0, 0.05) is 28.3 Å². The summed E-state index contributed by atoms with van der Waals surface area (Å²) < 4.78 is 21.0. The zero-order valence-corrected chi connectivity index (χ0v) is 11.1. The smallest absolute Gasteiger partial charge is 0.217 e. The third-order valence-corrected chi connectivity index (χ3v) is 2.88. The summed E-state index contributed by atoms with van der Waals surface area (Å²) in [5.41, 5.74) is 0. The predicted octanol–water partition coefficient (Wildman–Crippen LogP) is -1.12. The summed E-state index contributed by atoms with van der Waals surface area (Å²) >= 11 is 0. The molecule has 0 spiro atoms. The van der Waals surface area contributed by atoms with Gasteiger partial charge in [0.1, 0.15) is 24.4 Å². The van der Waals surface area contributed by atoms with E-state index in [4.69, 9.17) is 18.9 Å². The largest absolute Gasteiger partial charge is 0.388 e. The lowest BCUT2D eigenvalue weighted by atomic mass is 9.96. The van der Waals surface area contributed by atoms with Crippen molar-refractivity contribution >= 4 is 5.91 Å². The third kappa shape index (κ3) is 3.39. The molecule has 0 aliphatic carbocycles. The minimum absolute atomic E-state index is 0.266. The van der Waals surface area contributed by atoms with Gasteiger partial charge in [-0.15, -0.1) is 0 Å². The molecule has 1 saturated heterocycles. The maximum absolute atomic E-state index is 11.1. The predicted molar refractivity (Wildman–Crippen MR) is 62.0 cm³/mol. The van der Waals surface area contributed by atoms with E-state index in [1.807, 2.05) is 0 Å². The van der Waals surface area contributed by atoms with Gasteiger partial charge in [-0.1, -0.05) is 0 Å². The van der Waals surface area contributed by atoms with E-state index < -0.39 is 30.6 Å². The maximum atomic E-state index is 11.1. The third-order valence-electron chi connectivity index (χ3n) is 2.88. The van der Waals surface area contributed by atoms with Crippen molar-refractivity contribution in [2.75, 3.05) is 27.9 Å². The van der Waals surface area contributed by atoms with Crippen molar-refractivity contribution in [3.8, 4) is 0 Å². The molecule has 1 rings (SSSR count). The Morgan fingerprint density at radius 2 is 2.00 bits per heavy atom. The van der Waals surface area contributed by atoms with Crippen molar-refractivity contribution in [3.05, 3.63) is 0 Å². The van der Waals surface area contributed by atoms with E-state index in [0.29, 0.717) is 0 Å². The van der Waals surface area contributed by atoms with E-state index in [2.05, 4.69) is 5.32 Å². The van der Waals surface area contributed by atoms with E-state index in [1.54, 1.807) is 0 Å². The van der Waals surface area contributed by atoms with Gasteiger partial charge < -0.3 is 29.4 Å². The first-order chi connectivity index (χ1) is 8.54. The van der Waals surface area contributed by atoms with Crippen molar-refractivity contribution < 1.29 is 28.8 Å². The molecule has 106 valence electrons. The maximum Gasteiger partial charge on any atom is 0.217 e. The van der Waals surface area contributed by atoms with Crippen molar-refractivity contribution in [3.63, 3.8) is 0 Å². The summed E-state index contributed by atoms with van der Waals surface area (Å²) in [5.74, 6) is -0.273. The summed E-state index contributed by atoms with van der Waals surface area (Å²) in [6.45, 7) is 1.63. The zero-order chi connectivity index (χ0) is 13.7. The Morgan fingerprint density at radius 3 is 2.44 bits per heavy atom. The lowest BCUT2D eigenvalue weighted by Gasteiger charge is -2.43. The minimum atomic E-state index is -0.933. The highest BCUT2D eigenvalue weighted by Gasteiger charge is 2.46. The Hall–Kier alpha value is -0.730. The summed E-state index contributed by atoms with van der Waals surface area (Å²) in [7, 11) is 4.45. The second-order valence-corrected chi connectivity index (χ2v) is 4.15. The molecule has 0 aromatic heterocycles. The van der Waals surface area contributed by atoms with Crippen LogP contribution in [0.2, 0.25) is 0 Å². The highest BCUT2D eigenvalue weighted by atomic mass is 16.7. The number of aliphatic hydroxyl groups excluding tert-OH is 1. The van der Waals surface area contributed by atoms with Gasteiger partial charge in [-0.2, -0.15) is 0 Å². The molecule has 0 saturated carbocycles. The van der Waals surface area contributed by atoms with Gasteiger partial charge in [-0.3, -0.25) is 4.79 Å². The summed E-state index contributed by atoms with van der Waals surface area (Å²) in [6, 6.07) is -0.675. The Balaban J connectivity index is 2.83. The van der Waals surface area contributed by atoms with Crippen molar-refractivity contribution in [1.82, 2.24) is 5.32 Å². The number of carbonyl (C=O) groups is 1. The number of carbonyl (C=O) groups excluding carboxylic acids is 1. The molecule has 1 amide bonds. The highest BCUT2D eigenvalue weighted by Crippen LogP contribution is 2.24. The van der Waals surface area contributed by atoms with Crippen LogP contribution in [0.1, 0.15) is 6.92 Å². The average molecular weight is 263 g/mol. The zero-order valence-electron chi connectivity index (χ0n) is 11.1. The van der Waals surface area contributed by atoms with Crippen molar-refractivity contribution in [2.24, 2.45) is 0 Å². The molecule has 1 heterocycles. The van der Waals surface area contributed by atoms with Gasteiger partial charge in [-0.05, 0) is 0 Å². The Bertz CT molecular complexity index is 274. The monoisotopic (exact) mass is 263 g/mol. The number of rotatable bonds is 5. The van der Waals surface area contributed by atoms with Crippen LogP contribution in [0, 0.1) is 0 Å². The fourth-order valence-electron chi connectivity index (χ4n) is 2.10. The van der Waals surface area contributed by atoms with Crippen LogP contribution in [0.3, 0.4) is 0 Å². The molecule has 7 nitrogen and oxygen atoms in total. The lowest BCUT2D eigenvalue weighted by Crippen LogP contribution is -2.64. The van der Waals surface area contributed by atoms with Crippen LogP contribution in [0.5, 0.6) is 0 Å². The molecular weight excluding hydrogens is 242 g/mol. The first kappa shape index (κ1) is 15.3. The van der Waals surface area contributed by atoms with E-state index in [-0.39, 0.29) is 12.5 Å². The molecule has 5 atom stereocenters. The molecule has 0 unspecified atom stereocenters. The highest BCUT2D eigenvalue weighted by molar-refractivity contribution is 5.73. The summed E-state index contributed by atoms with van der Waals surface area (Å²) in [6.07, 6.45) is -2.72. The van der Waals surface area contributed by atoms with E-state index in [9.17, 15) is 9.90 Å². The quantitative estimate of drug-likeness (QED) is 0.654. The fraction of sp³-hybridized carbons (Fsp3) is 0.909. The van der Waals surface area contributed by atoms with Gasteiger partial charge in [0.2, 0.25) is 5.91 Å². The van der Waals surface area contributed by atoms with Crippen molar-refractivity contribution in [2.45, 2.75) is 37.6 Å². The molecular formula is C11H21NO6. The topological polar surface area (TPSA) is 86.2 Å². The van der Waals surface area contributed by atoms with Crippen LogP contribution in [-0.2, 0) is 23.7 Å². The van der Waals surface area contributed by atoms with Crippen LogP contribution >= 0.6 is 0 Å². The summed E-state index contributed by atoms with van der Waals surface area (Å²) in [4.78, 5) is 11.1. The number of nitrogens with one attached hydrogen (secondary N) is 1. The van der Waals surface area contributed by atoms with Crippen LogP contribution in [-0.4, -0.2) is 69.6 Å². The Kier molecular flexibility index (Phi) is 5.97. The number of hydrogen-bond acceptors (Lipinski definition) is 6. The molecule has 1 fully saturated rings. The van der Waals surface area contributed by atoms with Crippen LogP contribution in [0.4, 0.5) is 0 Å². The normalized spacial score (nSPS) is 36.4. The van der Waals surface area contributed by atoms with Gasteiger partial charge in [0.25, 0.3) is 0 Å². The molecule has 0 aromatic rings. The van der Waals surface area contributed by atoms with E-state index in [1.165, 1.54) is 28.3 Å². The number of hydrogen-bond donors (Lipinski definition) is 2. The molecule has 7 heteroatoms. The molecule has 1 aliphatic heterocycles. The number of ether oxygens (including phenoxy) is 4. The molecule has 0 radical (unpaired) electrons. The van der Waals surface area contributed by atoms with Gasteiger partial charge in [0.05, 0.1) is 6.61 Å². The van der Waals surface area contributed by atoms with Crippen LogP contribution in [0.15, 0.2) is 0 Å². The second-order valence-electron chi connectivity index (χ2n) is 4.15. The van der Waals surface area contributed by atoms with E-state index >= 15 is 0 Å². The van der Waals surface area contributed by atoms with Gasteiger partial charge in [-0.25, -0.2) is 0 Å². The summed E-state index contributed by atoms with van der Waals surface area (Å²) in [5, 5.41) is 12.8.